The van der Waals surface area contributed by atoms with Gasteiger partial charge in [-0.15, -0.1) is 0 Å². The lowest BCUT2D eigenvalue weighted by molar-refractivity contribution is -0.123. The van der Waals surface area contributed by atoms with Crippen molar-refractivity contribution in [1.29, 1.82) is 0 Å². The standard InChI is InChI=1S/C18H20N4O3S/c1-4-26-18-21-15-14(17(25)22-18)11(8-13(23)20-15)16(24)19-12-6-5-9(2)7-10(12)3/h5-7,11H,4,8H2,1-3H3,(H,19,24)(H2,20,21,22,23,25)/t11-/m1/s1. The topological polar surface area (TPSA) is 104 Å². The number of aryl methyl sites for hydroxylation is 2. The Hall–Kier alpha value is -2.61. The number of fused-ring (bicyclic) bond motifs is 1. The van der Waals surface area contributed by atoms with E-state index in [-0.39, 0.29) is 23.7 Å². The van der Waals surface area contributed by atoms with Crippen molar-refractivity contribution in [3.63, 3.8) is 0 Å². The monoisotopic (exact) mass is 372 g/mol. The van der Waals surface area contributed by atoms with Gasteiger partial charge in [-0.2, -0.15) is 0 Å². The van der Waals surface area contributed by atoms with E-state index in [0.717, 1.165) is 16.9 Å². The van der Waals surface area contributed by atoms with Gasteiger partial charge in [-0.05, 0) is 31.2 Å². The Morgan fingerprint density at radius 3 is 2.81 bits per heavy atom. The lowest BCUT2D eigenvalue weighted by Crippen LogP contribution is -2.36. The summed E-state index contributed by atoms with van der Waals surface area (Å²) in [6, 6.07) is 5.67. The second-order valence-electron chi connectivity index (χ2n) is 6.18. The largest absolute Gasteiger partial charge is 0.325 e. The minimum Gasteiger partial charge on any atom is -0.325 e. The summed E-state index contributed by atoms with van der Waals surface area (Å²) >= 11 is 1.36. The summed E-state index contributed by atoms with van der Waals surface area (Å²) in [4.78, 5) is 44.3. The van der Waals surface area contributed by atoms with E-state index in [0.29, 0.717) is 10.8 Å². The smallest absolute Gasteiger partial charge is 0.257 e. The molecule has 8 heteroatoms. The lowest BCUT2D eigenvalue weighted by atomic mass is 9.92. The van der Waals surface area contributed by atoms with Gasteiger partial charge in [0.05, 0.1) is 11.5 Å². The number of rotatable bonds is 4. The molecule has 0 radical (unpaired) electrons. The maximum absolute atomic E-state index is 12.8. The van der Waals surface area contributed by atoms with Crippen molar-refractivity contribution in [2.45, 2.75) is 38.3 Å². The number of aromatic amines is 1. The van der Waals surface area contributed by atoms with Gasteiger partial charge in [0.15, 0.2) is 5.16 Å². The molecule has 1 aliphatic heterocycles. The summed E-state index contributed by atoms with van der Waals surface area (Å²) in [5.74, 6) is -0.704. The maximum atomic E-state index is 12.8. The first-order valence-electron chi connectivity index (χ1n) is 8.34. The average Bonchev–Trinajstić information content (AvgIpc) is 2.56. The van der Waals surface area contributed by atoms with Gasteiger partial charge < -0.3 is 15.6 Å². The number of nitrogens with zero attached hydrogens (tertiary/aromatic N) is 1. The van der Waals surface area contributed by atoms with Crippen LogP contribution in [0.15, 0.2) is 28.2 Å². The Morgan fingerprint density at radius 2 is 2.12 bits per heavy atom. The Labute approximate surface area is 155 Å². The summed E-state index contributed by atoms with van der Waals surface area (Å²) < 4.78 is 0. The minimum atomic E-state index is -0.878. The molecule has 1 aromatic heterocycles. The summed E-state index contributed by atoms with van der Waals surface area (Å²) in [7, 11) is 0. The number of H-pyrrole nitrogens is 1. The number of carbonyl (C=O) groups is 2. The third kappa shape index (κ3) is 3.65. The van der Waals surface area contributed by atoms with Crippen molar-refractivity contribution in [1.82, 2.24) is 9.97 Å². The highest BCUT2D eigenvalue weighted by Gasteiger charge is 2.34. The van der Waals surface area contributed by atoms with E-state index in [2.05, 4.69) is 20.6 Å². The van der Waals surface area contributed by atoms with Crippen LogP contribution in [-0.4, -0.2) is 27.5 Å². The molecule has 0 spiro atoms. The van der Waals surface area contributed by atoms with Crippen molar-refractivity contribution in [3.05, 3.63) is 45.2 Å². The van der Waals surface area contributed by atoms with Crippen LogP contribution in [0, 0.1) is 13.8 Å². The zero-order valence-electron chi connectivity index (χ0n) is 14.8. The van der Waals surface area contributed by atoms with Crippen LogP contribution < -0.4 is 16.2 Å². The quantitative estimate of drug-likeness (QED) is 0.565. The molecule has 0 saturated carbocycles. The van der Waals surface area contributed by atoms with Gasteiger partial charge in [0.25, 0.3) is 5.56 Å². The first kappa shape index (κ1) is 18.2. The number of carbonyl (C=O) groups excluding carboxylic acids is 2. The van der Waals surface area contributed by atoms with Crippen LogP contribution in [0.5, 0.6) is 0 Å². The third-order valence-electron chi connectivity index (χ3n) is 4.17. The molecule has 0 unspecified atom stereocenters. The predicted octanol–water partition coefficient (Wildman–Crippen LogP) is 2.56. The van der Waals surface area contributed by atoms with Crippen LogP contribution in [-0.2, 0) is 9.59 Å². The zero-order valence-corrected chi connectivity index (χ0v) is 15.6. The molecule has 0 fully saturated rings. The van der Waals surface area contributed by atoms with Gasteiger partial charge in [-0.3, -0.25) is 14.4 Å². The SMILES string of the molecule is CCSc1nc2c(c(=O)[nH]1)[C@H](C(=O)Nc1ccc(C)cc1C)CC(=O)N2. The Morgan fingerprint density at radius 1 is 1.35 bits per heavy atom. The Balaban J connectivity index is 1.95. The van der Waals surface area contributed by atoms with Gasteiger partial charge >= 0.3 is 0 Å². The van der Waals surface area contributed by atoms with E-state index >= 15 is 0 Å². The number of hydrogen-bond donors (Lipinski definition) is 3. The summed E-state index contributed by atoms with van der Waals surface area (Å²) in [5, 5.41) is 5.86. The van der Waals surface area contributed by atoms with E-state index in [9.17, 15) is 14.4 Å². The minimum absolute atomic E-state index is 0.0885. The van der Waals surface area contributed by atoms with E-state index in [1.165, 1.54) is 11.8 Å². The van der Waals surface area contributed by atoms with E-state index in [4.69, 9.17) is 0 Å². The number of nitrogens with one attached hydrogen (secondary N) is 3. The van der Waals surface area contributed by atoms with E-state index < -0.39 is 17.4 Å². The highest BCUT2D eigenvalue weighted by molar-refractivity contribution is 7.99. The first-order valence-corrected chi connectivity index (χ1v) is 9.32. The molecule has 2 amide bonds. The third-order valence-corrected chi connectivity index (χ3v) is 4.92. The second-order valence-corrected chi connectivity index (χ2v) is 7.43. The fourth-order valence-corrected chi connectivity index (χ4v) is 3.55. The van der Waals surface area contributed by atoms with Crippen molar-refractivity contribution in [2.24, 2.45) is 0 Å². The van der Waals surface area contributed by atoms with Crippen molar-refractivity contribution >= 4 is 35.1 Å². The molecule has 2 aromatic rings. The molecule has 0 aliphatic carbocycles. The fraction of sp³-hybridized carbons (Fsp3) is 0.333. The Bertz CT molecular complexity index is 939. The number of benzene rings is 1. The highest BCUT2D eigenvalue weighted by Crippen LogP contribution is 2.30. The maximum Gasteiger partial charge on any atom is 0.257 e. The lowest BCUT2D eigenvalue weighted by Gasteiger charge is -2.23. The number of hydrogen-bond acceptors (Lipinski definition) is 5. The normalized spacial score (nSPS) is 16.0. The zero-order chi connectivity index (χ0) is 18.8. The first-order chi connectivity index (χ1) is 12.4. The summed E-state index contributed by atoms with van der Waals surface area (Å²) in [6.45, 7) is 5.80. The fourth-order valence-electron chi connectivity index (χ4n) is 2.95. The summed E-state index contributed by atoms with van der Waals surface area (Å²) in [6.07, 6.45) is -0.0885. The van der Waals surface area contributed by atoms with Gasteiger partial charge in [-0.25, -0.2) is 4.98 Å². The molecule has 136 valence electrons. The molecular formula is C18H20N4O3S. The molecule has 1 aliphatic rings. The molecule has 1 aromatic carbocycles. The van der Waals surface area contributed by atoms with Crippen molar-refractivity contribution in [2.75, 3.05) is 16.4 Å². The van der Waals surface area contributed by atoms with Gasteiger partial charge in [0, 0.05) is 12.1 Å². The van der Waals surface area contributed by atoms with Crippen LogP contribution in [0.3, 0.4) is 0 Å². The number of thioether (sulfide) groups is 1. The molecule has 3 N–H and O–H groups in total. The van der Waals surface area contributed by atoms with Crippen molar-refractivity contribution in [3.8, 4) is 0 Å². The van der Waals surface area contributed by atoms with Crippen LogP contribution in [0.1, 0.15) is 36.0 Å². The molecular weight excluding hydrogens is 352 g/mol. The molecule has 26 heavy (non-hydrogen) atoms. The molecule has 1 atom stereocenters. The molecule has 0 saturated heterocycles. The number of amides is 2. The van der Waals surface area contributed by atoms with Gasteiger partial charge in [-0.1, -0.05) is 36.4 Å². The Kier molecular flexibility index (Phi) is 5.13. The number of anilines is 2. The molecule has 3 rings (SSSR count). The molecule has 2 heterocycles. The molecule has 0 bridgehead atoms. The number of aromatic nitrogens is 2. The van der Waals surface area contributed by atoms with Crippen LogP contribution in [0.25, 0.3) is 0 Å². The molecule has 7 nitrogen and oxygen atoms in total. The van der Waals surface area contributed by atoms with E-state index in [1.54, 1.807) is 0 Å². The average molecular weight is 372 g/mol. The van der Waals surface area contributed by atoms with Gasteiger partial charge in [0.1, 0.15) is 5.82 Å². The highest BCUT2D eigenvalue weighted by atomic mass is 32.2. The summed E-state index contributed by atoms with van der Waals surface area (Å²) in [5.41, 5.74) is 2.47. The predicted molar refractivity (Wildman–Crippen MR) is 102 cm³/mol. The van der Waals surface area contributed by atoms with Crippen LogP contribution in [0.4, 0.5) is 11.5 Å². The van der Waals surface area contributed by atoms with Crippen LogP contribution >= 0.6 is 11.8 Å². The van der Waals surface area contributed by atoms with E-state index in [1.807, 2.05) is 39.0 Å². The van der Waals surface area contributed by atoms with Gasteiger partial charge in [0.2, 0.25) is 11.8 Å². The van der Waals surface area contributed by atoms with Crippen molar-refractivity contribution < 1.29 is 9.59 Å². The second kappa shape index (κ2) is 7.33. The van der Waals surface area contributed by atoms with Crippen LogP contribution in [0.2, 0.25) is 0 Å².